The highest BCUT2D eigenvalue weighted by atomic mass is 35.5. The largest absolute Gasteiger partial charge is 0.493 e. The number of aromatic nitrogens is 4. The average molecular weight is 543 g/mol. The van der Waals surface area contributed by atoms with Crippen molar-refractivity contribution in [1.82, 2.24) is 19.7 Å². The van der Waals surface area contributed by atoms with Gasteiger partial charge in [-0.05, 0) is 32.0 Å². The number of hydrogen-bond donors (Lipinski definition) is 4. The van der Waals surface area contributed by atoms with Crippen LogP contribution in [0.2, 0.25) is 10.2 Å². The second-order valence-corrected chi connectivity index (χ2v) is 10.3. The van der Waals surface area contributed by atoms with Crippen molar-refractivity contribution in [3.63, 3.8) is 0 Å². The van der Waals surface area contributed by atoms with Gasteiger partial charge in [-0.3, -0.25) is 4.68 Å². The number of ether oxygens (including phenoxy) is 2. The third-order valence-electron chi connectivity index (χ3n) is 5.95. The Morgan fingerprint density at radius 2 is 1.86 bits per heavy atom. The van der Waals surface area contributed by atoms with Crippen molar-refractivity contribution >= 4 is 51.4 Å². The van der Waals surface area contributed by atoms with Gasteiger partial charge in [0.1, 0.15) is 16.8 Å². The molecule has 1 aromatic carbocycles. The van der Waals surface area contributed by atoms with Crippen LogP contribution in [0.25, 0.3) is 22.0 Å². The zero-order valence-corrected chi connectivity index (χ0v) is 22.4. The second kappa shape index (κ2) is 9.77. The Labute approximate surface area is 224 Å². The predicted octanol–water partition coefficient (Wildman–Crippen LogP) is 4.83. The maximum absolute atomic E-state index is 6.68. The Morgan fingerprint density at radius 3 is 2.59 bits per heavy atom. The number of nitrogens with two attached hydrogens (primary N) is 1. The van der Waals surface area contributed by atoms with E-state index in [1.165, 1.54) is 0 Å². The first-order valence-corrected chi connectivity index (χ1v) is 12.4. The number of benzene rings is 1. The molecular formula is C25H28Cl2N8O2. The molecule has 194 valence electrons. The SMILES string of the molecule is COc1cc(Cl)c(-c2cnc(NCC(C)(C)N)c3nn(CC4Nc5ccc(Cl)nc5N4)cc23)cc1OC. The molecule has 4 aromatic rings. The van der Waals surface area contributed by atoms with Gasteiger partial charge in [0.15, 0.2) is 23.1 Å². The molecule has 1 aliphatic rings. The second-order valence-electron chi connectivity index (χ2n) is 9.53. The molecule has 0 radical (unpaired) electrons. The zero-order chi connectivity index (χ0) is 26.3. The van der Waals surface area contributed by atoms with Crippen molar-refractivity contribution in [3.05, 3.63) is 46.8 Å². The summed E-state index contributed by atoms with van der Waals surface area (Å²) in [4.78, 5) is 9.02. The third kappa shape index (κ3) is 5.18. The molecule has 12 heteroatoms. The lowest BCUT2D eigenvalue weighted by Gasteiger charge is -2.19. The molecule has 5 rings (SSSR count). The van der Waals surface area contributed by atoms with E-state index in [1.807, 2.05) is 36.9 Å². The molecule has 5 N–H and O–H groups in total. The van der Waals surface area contributed by atoms with Crippen molar-refractivity contribution in [1.29, 1.82) is 0 Å². The van der Waals surface area contributed by atoms with Crippen molar-refractivity contribution in [2.24, 2.45) is 5.73 Å². The first-order valence-electron chi connectivity index (χ1n) is 11.7. The number of rotatable bonds is 8. The van der Waals surface area contributed by atoms with Crippen molar-refractivity contribution in [3.8, 4) is 22.6 Å². The average Bonchev–Trinajstić information content (AvgIpc) is 3.45. The fraction of sp³-hybridized carbons (Fsp3) is 0.320. The van der Waals surface area contributed by atoms with E-state index in [2.05, 4.69) is 25.9 Å². The van der Waals surface area contributed by atoms with Crippen LogP contribution in [-0.4, -0.2) is 52.2 Å². The van der Waals surface area contributed by atoms with Gasteiger partial charge in [-0.1, -0.05) is 23.2 Å². The van der Waals surface area contributed by atoms with E-state index in [9.17, 15) is 0 Å². The Morgan fingerprint density at radius 1 is 1.11 bits per heavy atom. The molecule has 0 amide bonds. The molecule has 0 bridgehead atoms. The Hall–Kier alpha value is -3.47. The highest BCUT2D eigenvalue weighted by Crippen LogP contribution is 2.41. The number of anilines is 3. The first kappa shape index (κ1) is 25.2. The molecular weight excluding hydrogens is 515 g/mol. The van der Waals surface area contributed by atoms with Crippen LogP contribution in [0.15, 0.2) is 36.7 Å². The summed E-state index contributed by atoms with van der Waals surface area (Å²) in [6, 6.07) is 7.23. The van der Waals surface area contributed by atoms with Crippen molar-refractivity contribution < 1.29 is 9.47 Å². The maximum atomic E-state index is 6.68. The van der Waals surface area contributed by atoms with Crippen LogP contribution < -0.4 is 31.2 Å². The topological polar surface area (TPSA) is 124 Å². The molecule has 1 unspecified atom stereocenters. The van der Waals surface area contributed by atoms with Crippen molar-refractivity contribution in [2.45, 2.75) is 32.1 Å². The van der Waals surface area contributed by atoms with E-state index in [-0.39, 0.29) is 6.17 Å². The molecule has 0 spiro atoms. The van der Waals surface area contributed by atoms with Gasteiger partial charge >= 0.3 is 0 Å². The van der Waals surface area contributed by atoms with E-state index >= 15 is 0 Å². The lowest BCUT2D eigenvalue weighted by molar-refractivity contribution is 0.355. The summed E-state index contributed by atoms with van der Waals surface area (Å²) in [6.45, 7) is 4.93. The molecule has 0 saturated carbocycles. The standard InChI is InChI=1S/C25H28Cl2N8O2/c1-25(2,28)12-30-24-22-15(14(9-29-24)13-7-18(36-3)19(37-4)8-16(13)26)10-35(34-22)11-21-31-17-5-6-20(27)32-23(17)33-21/h5-10,21,31H,11-12,28H2,1-4H3,(H,29,30)(H,32,33). The predicted molar refractivity (Wildman–Crippen MR) is 148 cm³/mol. The van der Waals surface area contributed by atoms with Crippen LogP contribution in [0, 0.1) is 0 Å². The van der Waals surface area contributed by atoms with Crippen LogP contribution in [-0.2, 0) is 6.54 Å². The highest BCUT2D eigenvalue weighted by molar-refractivity contribution is 6.34. The van der Waals surface area contributed by atoms with Crippen LogP contribution in [0.3, 0.4) is 0 Å². The monoisotopic (exact) mass is 542 g/mol. The molecule has 4 heterocycles. The summed E-state index contributed by atoms with van der Waals surface area (Å²) < 4.78 is 12.8. The fourth-order valence-corrected chi connectivity index (χ4v) is 4.59. The molecule has 0 saturated heterocycles. The summed E-state index contributed by atoms with van der Waals surface area (Å²) in [5.74, 6) is 2.46. The normalized spacial score (nSPS) is 14.7. The molecule has 1 atom stereocenters. The Kier molecular flexibility index (Phi) is 6.65. The lowest BCUT2D eigenvalue weighted by Crippen LogP contribution is -2.39. The van der Waals surface area contributed by atoms with Gasteiger partial charge in [0, 0.05) is 47.1 Å². The molecule has 0 fully saturated rings. The minimum atomic E-state index is -0.431. The Balaban J connectivity index is 1.55. The Bertz CT molecular complexity index is 1470. The van der Waals surface area contributed by atoms with Gasteiger partial charge in [0.05, 0.1) is 31.5 Å². The first-order chi connectivity index (χ1) is 17.6. The number of nitrogens with one attached hydrogen (secondary N) is 3. The van der Waals surface area contributed by atoms with Gasteiger partial charge in [0.2, 0.25) is 0 Å². The molecule has 3 aromatic heterocycles. The van der Waals surface area contributed by atoms with Gasteiger partial charge in [-0.2, -0.15) is 5.10 Å². The molecule has 1 aliphatic heterocycles. The molecule has 10 nitrogen and oxygen atoms in total. The smallest absolute Gasteiger partial charge is 0.162 e. The third-order valence-corrected chi connectivity index (χ3v) is 6.47. The number of pyridine rings is 2. The van der Waals surface area contributed by atoms with Crippen LogP contribution in [0.1, 0.15) is 13.8 Å². The summed E-state index contributed by atoms with van der Waals surface area (Å²) in [7, 11) is 3.16. The number of hydrogen-bond acceptors (Lipinski definition) is 9. The minimum absolute atomic E-state index is 0.129. The van der Waals surface area contributed by atoms with E-state index in [0.717, 1.165) is 22.2 Å². The van der Waals surface area contributed by atoms with E-state index < -0.39 is 5.54 Å². The van der Waals surface area contributed by atoms with E-state index in [0.29, 0.717) is 51.9 Å². The summed E-state index contributed by atoms with van der Waals surface area (Å²) in [5, 5.41) is 16.8. The zero-order valence-electron chi connectivity index (χ0n) is 20.9. The van der Waals surface area contributed by atoms with Gasteiger partial charge in [-0.15, -0.1) is 0 Å². The van der Waals surface area contributed by atoms with Gasteiger partial charge in [0.25, 0.3) is 0 Å². The minimum Gasteiger partial charge on any atom is -0.493 e. The lowest BCUT2D eigenvalue weighted by atomic mass is 10.0. The number of nitrogens with zero attached hydrogens (tertiary/aromatic N) is 4. The summed E-state index contributed by atoms with van der Waals surface area (Å²) >= 11 is 12.7. The van der Waals surface area contributed by atoms with E-state index in [1.54, 1.807) is 32.5 Å². The van der Waals surface area contributed by atoms with Crippen LogP contribution in [0.4, 0.5) is 17.3 Å². The van der Waals surface area contributed by atoms with Gasteiger partial charge < -0.3 is 31.2 Å². The number of fused-ring (bicyclic) bond motifs is 2. The molecule has 37 heavy (non-hydrogen) atoms. The summed E-state index contributed by atoms with van der Waals surface area (Å²) in [5.41, 5.74) is 8.93. The number of methoxy groups -OCH3 is 2. The van der Waals surface area contributed by atoms with E-state index in [4.69, 9.17) is 43.5 Å². The quantitative estimate of drug-likeness (QED) is 0.231. The highest BCUT2D eigenvalue weighted by Gasteiger charge is 2.24. The number of halogens is 2. The maximum Gasteiger partial charge on any atom is 0.162 e. The molecule has 0 aliphatic carbocycles. The van der Waals surface area contributed by atoms with Crippen molar-refractivity contribution in [2.75, 3.05) is 36.7 Å². The van der Waals surface area contributed by atoms with Gasteiger partial charge in [-0.25, -0.2) is 9.97 Å². The summed E-state index contributed by atoms with van der Waals surface area (Å²) in [6.07, 6.45) is 3.63. The van der Waals surface area contributed by atoms with Crippen LogP contribution in [0.5, 0.6) is 11.5 Å². The fourth-order valence-electron chi connectivity index (χ4n) is 4.19. The van der Waals surface area contributed by atoms with Crippen LogP contribution >= 0.6 is 23.2 Å².